The number of hydrogen-bond acceptors (Lipinski definition) is 5. The van der Waals surface area contributed by atoms with Crippen LogP contribution in [0.3, 0.4) is 0 Å². The molecule has 0 saturated carbocycles. The van der Waals surface area contributed by atoms with Gasteiger partial charge in [-0.05, 0) is 13.8 Å². The molecule has 0 aromatic carbocycles. The fourth-order valence-electron chi connectivity index (χ4n) is 2.05. The van der Waals surface area contributed by atoms with Crippen molar-refractivity contribution in [3.05, 3.63) is 17.0 Å². The van der Waals surface area contributed by atoms with Crippen LogP contribution in [0.5, 0.6) is 0 Å². The number of hydrogen-bond donors (Lipinski definition) is 0. The number of rotatable bonds is 2. The zero-order valence-corrected chi connectivity index (χ0v) is 11.9. The normalized spacial score (nSPS) is 15.5. The Balaban J connectivity index is 2.00. The highest BCUT2D eigenvalue weighted by Gasteiger charge is 2.23. The van der Waals surface area contributed by atoms with Gasteiger partial charge in [-0.3, -0.25) is 0 Å². The third-order valence-electron chi connectivity index (χ3n) is 3.10. The number of amides is 1. The Bertz CT molecular complexity index is 461. The monoisotopic (exact) mass is 284 g/mol. The van der Waals surface area contributed by atoms with Gasteiger partial charge < -0.3 is 14.5 Å². The second-order valence-electron chi connectivity index (χ2n) is 4.29. The van der Waals surface area contributed by atoms with Crippen LogP contribution >= 0.6 is 11.6 Å². The molecule has 1 aromatic heterocycles. The Morgan fingerprint density at radius 3 is 2.68 bits per heavy atom. The van der Waals surface area contributed by atoms with Crippen LogP contribution in [-0.2, 0) is 4.74 Å². The topological polar surface area (TPSA) is 58.6 Å². The third kappa shape index (κ3) is 3.07. The molecule has 0 radical (unpaired) electrons. The molecule has 1 saturated heterocycles. The van der Waals surface area contributed by atoms with Gasteiger partial charge >= 0.3 is 6.09 Å². The van der Waals surface area contributed by atoms with E-state index in [2.05, 4.69) is 14.9 Å². The number of aromatic nitrogens is 2. The fraction of sp³-hybridized carbons (Fsp3) is 0.583. The van der Waals surface area contributed by atoms with Crippen molar-refractivity contribution in [1.82, 2.24) is 14.9 Å². The smallest absolute Gasteiger partial charge is 0.409 e. The quantitative estimate of drug-likeness (QED) is 0.774. The van der Waals surface area contributed by atoms with Crippen molar-refractivity contribution in [2.45, 2.75) is 13.8 Å². The molecule has 1 fully saturated rings. The van der Waals surface area contributed by atoms with Crippen LogP contribution < -0.4 is 4.90 Å². The van der Waals surface area contributed by atoms with Crippen LogP contribution in [0.25, 0.3) is 0 Å². The summed E-state index contributed by atoms with van der Waals surface area (Å²) in [6.45, 7) is 6.79. The van der Waals surface area contributed by atoms with E-state index in [0.717, 1.165) is 11.4 Å². The molecule has 1 aliphatic heterocycles. The molecule has 0 atom stereocenters. The number of nitrogens with zero attached hydrogens (tertiary/aromatic N) is 4. The lowest BCUT2D eigenvalue weighted by molar-refractivity contribution is 0.105. The lowest BCUT2D eigenvalue weighted by Gasteiger charge is -2.35. The molecule has 7 heteroatoms. The highest BCUT2D eigenvalue weighted by Crippen LogP contribution is 2.22. The van der Waals surface area contributed by atoms with E-state index in [4.69, 9.17) is 16.3 Å². The first kappa shape index (κ1) is 13.9. The summed E-state index contributed by atoms with van der Waals surface area (Å²) in [6.07, 6.45) is 1.21. The van der Waals surface area contributed by atoms with Gasteiger partial charge in [-0.1, -0.05) is 11.6 Å². The maximum atomic E-state index is 11.6. The van der Waals surface area contributed by atoms with Crippen LogP contribution in [-0.4, -0.2) is 53.7 Å². The standard InChI is InChI=1S/C12H17ClN4O2/c1-3-19-12(18)17-6-4-16(5-7-17)11-9(2)10(13)14-8-15-11/h8H,3-7H2,1-2H3. The third-order valence-corrected chi connectivity index (χ3v) is 3.48. The summed E-state index contributed by atoms with van der Waals surface area (Å²) in [5.41, 5.74) is 0.869. The molecule has 0 N–H and O–H groups in total. The van der Waals surface area contributed by atoms with Crippen molar-refractivity contribution < 1.29 is 9.53 Å². The highest BCUT2D eigenvalue weighted by atomic mass is 35.5. The van der Waals surface area contributed by atoms with Crippen molar-refractivity contribution in [2.75, 3.05) is 37.7 Å². The maximum absolute atomic E-state index is 11.6. The zero-order valence-electron chi connectivity index (χ0n) is 11.1. The molecule has 1 aromatic rings. The summed E-state index contributed by atoms with van der Waals surface area (Å²) in [6, 6.07) is 0. The van der Waals surface area contributed by atoms with Crippen molar-refractivity contribution in [3.8, 4) is 0 Å². The molecule has 1 aliphatic rings. The van der Waals surface area contributed by atoms with E-state index in [9.17, 15) is 4.79 Å². The number of carbonyl (C=O) groups is 1. The maximum Gasteiger partial charge on any atom is 0.409 e. The van der Waals surface area contributed by atoms with Gasteiger partial charge in [0.25, 0.3) is 0 Å². The summed E-state index contributed by atoms with van der Waals surface area (Å²) in [5.74, 6) is 0.837. The molecule has 2 rings (SSSR count). The van der Waals surface area contributed by atoms with E-state index in [1.807, 2.05) is 6.92 Å². The van der Waals surface area contributed by atoms with Crippen molar-refractivity contribution in [2.24, 2.45) is 0 Å². The van der Waals surface area contributed by atoms with Crippen LogP contribution in [0, 0.1) is 6.92 Å². The lowest BCUT2D eigenvalue weighted by atomic mass is 10.2. The number of anilines is 1. The van der Waals surface area contributed by atoms with Gasteiger partial charge in [0.05, 0.1) is 6.61 Å². The van der Waals surface area contributed by atoms with Gasteiger partial charge in [0.15, 0.2) is 0 Å². The molecular weight excluding hydrogens is 268 g/mol. The van der Waals surface area contributed by atoms with Crippen LogP contribution in [0.15, 0.2) is 6.33 Å². The van der Waals surface area contributed by atoms with Gasteiger partial charge in [0.2, 0.25) is 0 Å². The SMILES string of the molecule is CCOC(=O)N1CCN(c2ncnc(Cl)c2C)CC1. The molecule has 1 amide bonds. The Morgan fingerprint density at radius 1 is 1.37 bits per heavy atom. The molecule has 2 heterocycles. The minimum atomic E-state index is -0.250. The van der Waals surface area contributed by atoms with Crippen molar-refractivity contribution in [3.63, 3.8) is 0 Å². The predicted molar refractivity (Wildman–Crippen MR) is 72.6 cm³/mol. The van der Waals surface area contributed by atoms with Crippen LogP contribution in [0.4, 0.5) is 10.6 Å². The molecule has 6 nitrogen and oxygen atoms in total. The predicted octanol–water partition coefficient (Wildman–Crippen LogP) is 1.72. The minimum absolute atomic E-state index is 0.250. The van der Waals surface area contributed by atoms with Gasteiger partial charge in [-0.25, -0.2) is 14.8 Å². The Morgan fingerprint density at radius 2 is 2.05 bits per heavy atom. The van der Waals surface area contributed by atoms with Crippen LogP contribution in [0.2, 0.25) is 5.15 Å². The summed E-state index contributed by atoms with van der Waals surface area (Å²) in [5, 5.41) is 0.470. The van der Waals surface area contributed by atoms with Crippen molar-refractivity contribution in [1.29, 1.82) is 0 Å². The molecule has 19 heavy (non-hydrogen) atoms. The van der Waals surface area contributed by atoms with Gasteiger partial charge in [-0.2, -0.15) is 0 Å². The average Bonchev–Trinajstić information content (AvgIpc) is 2.42. The Kier molecular flexibility index (Phi) is 4.42. The van der Waals surface area contributed by atoms with Crippen LogP contribution in [0.1, 0.15) is 12.5 Å². The number of ether oxygens (including phenoxy) is 1. The molecule has 0 spiro atoms. The lowest BCUT2D eigenvalue weighted by Crippen LogP contribution is -2.49. The average molecular weight is 285 g/mol. The zero-order chi connectivity index (χ0) is 13.8. The summed E-state index contributed by atoms with van der Waals surface area (Å²) >= 11 is 5.99. The first-order valence-electron chi connectivity index (χ1n) is 6.27. The molecule has 0 unspecified atom stereocenters. The van der Waals surface area contributed by atoms with E-state index in [1.54, 1.807) is 11.8 Å². The van der Waals surface area contributed by atoms with E-state index in [1.165, 1.54) is 6.33 Å². The first-order chi connectivity index (χ1) is 9.13. The van der Waals surface area contributed by atoms with E-state index in [-0.39, 0.29) is 6.09 Å². The van der Waals surface area contributed by atoms with Gasteiger partial charge in [-0.15, -0.1) is 0 Å². The minimum Gasteiger partial charge on any atom is -0.450 e. The molecule has 104 valence electrons. The summed E-state index contributed by atoms with van der Waals surface area (Å²) < 4.78 is 4.99. The molecular formula is C12H17ClN4O2. The van der Waals surface area contributed by atoms with Gasteiger partial charge in [0.1, 0.15) is 17.3 Å². The highest BCUT2D eigenvalue weighted by molar-refractivity contribution is 6.30. The first-order valence-corrected chi connectivity index (χ1v) is 6.65. The Labute approximate surface area is 117 Å². The second-order valence-corrected chi connectivity index (χ2v) is 4.64. The number of halogens is 1. The van der Waals surface area contributed by atoms with E-state index >= 15 is 0 Å². The Hall–Kier alpha value is -1.56. The molecule has 0 aliphatic carbocycles. The number of piperazine rings is 1. The largest absolute Gasteiger partial charge is 0.450 e. The summed E-state index contributed by atoms with van der Waals surface area (Å²) in [4.78, 5) is 23.6. The molecule has 0 bridgehead atoms. The number of carbonyl (C=O) groups excluding carboxylic acids is 1. The second kappa shape index (κ2) is 6.06. The van der Waals surface area contributed by atoms with Crippen molar-refractivity contribution >= 4 is 23.5 Å². The fourth-order valence-corrected chi connectivity index (χ4v) is 2.18. The summed E-state index contributed by atoms with van der Waals surface area (Å²) in [7, 11) is 0. The van der Waals surface area contributed by atoms with E-state index < -0.39 is 0 Å². The van der Waals surface area contributed by atoms with E-state index in [0.29, 0.717) is 37.9 Å². The van der Waals surface area contributed by atoms with Gasteiger partial charge in [0, 0.05) is 31.7 Å².